The number of anilines is 2. The lowest BCUT2D eigenvalue weighted by Gasteiger charge is -2.15. The molecule has 0 radical (unpaired) electrons. The number of hydrogen-bond acceptors (Lipinski definition) is 2. The van der Waals surface area contributed by atoms with Crippen LogP contribution in [0.25, 0.3) is 0 Å². The highest BCUT2D eigenvalue weighted by Gasteiger charge is 2.20. The number of urea groups is 1. The van der Waals surface area contributed by atoms with E-state index in [0.29, 0.717) is 6.04 Å². The predicted molar refractivity (Wildman–Crippen MR) is 65.9 cm³/mol. The van der Waals surface area contributed by atoms with Gasteiger partial charge < -0.3 is 10.6 Å². The van der Waals surface area contributed by atoms with Crippen molar-refractivity contribution in [3.05, 3.63) is 24.3 Å². The van der Waals surface area contributed by atoms with Crippen molar-refractivity contribution >= 4 is 17.4 Å². The number of benzene rings is 1. The van der Waals surface area contributed by atoms with Crippen molar-refractivity contribution in [2.45, 2.75) is 19.9 Å². The molecule has 1 aliphatic rings. The lowest BCUT2D eigenvalue weighted by Crippen LogP contribution is -2.27. The van der Waals surface area contributed by atoms with Gasteiger partial charge in [-0.25, -0.2) is 4.79 Å². The average molecular weight is 219 g/mol. The first-order valence-corrected chi connectivity index (χ1v) is 5.59. The number of hydrogen-bond donors (Lipinski definition) is 2. The van der Waals surface area contributed by atoms with Gasteiger partial charge in [0.15, 0.2) is 0 Å². The molecule has 0 atom stereocenters. The molecule has 0 bridgehead atoms. The second-order valence-electron chi connectivity index (χ2n) is 4.23. The second-order valence-corrected chi connectivity index (χ2v) is 4.23. The van der Waals surface area contributed by atoms with Crippen LogP contribution in [0.2, 0.25) is 0 Å². The highest BCUT2D eigenvalue weighted by atomic mass is 16.2. The fourth-order valence-electron chi connectivity index (χ4n) is 1.79. The number of carbonyl (C=O) groups excluding carboxylic acids is 1. The third-order valence-corrected chi connectivity index (χ3v) is 2.49. The Balaban J connectivity index is 2.09. The number of nitrogens with zero attached hydrogens (tertiary/aromatic N) is 1. The molecule has 86 valence electrons. The van der Waals surface area contributed by atoms with Crippen LogP contribution in [0.4, 0.5) is 16.2 Å². The molecule has 1 aliphatic heterocycles. The lowest BCUT2D eigenvalue weighted by molar-refractivity contribution is 0.252. The molecular weight excluding hydrogens is 202 g/mol. The lowest BCUT2D eigenvalue weighted by atomic mass is 10.2. The van der Waals surface area contributed by atoms with Crippen molar-refractivity contribution in [3.8, 4) is 0 Å². The van der Waals surface area contributed by atoms with E-state index in [1.54, 1.807) is 4.90 Å². The van der Waals surface area contributed by atoms with Gasteiger partial charge >= 0.3 is 6.03 Å². The van der Waals surface area contributed by atoms with Crippen molar-refractivity contribution in [3.63, 3.8) is 0 Å². The molecule has 0 unspecified atom stereocenters. The smallest absolute Gasteiger partial charge is 0.321 e. The van der Waals surface area contributed by atoms with Gasteiger partial charge in [-0.1, -0.05) is 0 Å². The summed E-state index contributed by atoms with van der Waals surface area (Å²) in [4.78, 5) is 13.2. The first kappa shape index (κ1) is 10.8. The van der Waals surface area contributed by atoms with Crippen LogP contribution in [-0.4, -0.2) is 25.2 Å². The molecule has 2 N–H and O–H groups in total. The Kier molecular flexibility index (Phi) is 2.99. The fraction of sp³-hybridized carbons (Fsp3) is 0.417. The number of nitrogens with one attached hydrogen (secondary N) is 2. The first-order valence-electron chi connectivity index (χ1n) is 5.59. The molecule has 4 nitrogen and oxygen atoms in total. The van der Waals surface area contributed by atoms with Gasteiger partial charge in [-0.3, -0.25) is 4.90 Å². The topological polar surface area (TPSA) is 44.4 Å². The van der Waals surface area contributed by atoms with E-state index >= 15 is 0 Å². The largest absolute Gasteiger partial charge is 0.383 e. The Morgan fingerprint density at radius 2 is 2.00 bits per heavy atom. The molecule has 1 fully saturated rings. The maximum Gasteiger partial charge on any atom is 0.321 e. The molecular formula is C12H17N3O. The molecule has 1 heterocycles. The van der Waals surface area contributed by atoms with E-state index in [2.05, 4.69) is 24.5 Å². The van der Waals surface area contributed by atoms with Gasteiger partial charge in [0, 0.05) is 30.5 Å². The number of carbonyl (C=O) groups is 1. The molecule has 1 aromatic carbocycles. The SMILES string of the molecule is CC(C)Nc1ccc(N2CCNC2=O)cc1. The van der Waals surface area contributed by atoms with Gasteiger partial charge in [0.1, 0.15) is 0 Å². The van der Waals surface area contributed by atoms with Gasteiger partial charge in [-0.05, 0) is 38.1 Å². The summed E-state index contributed by atoms with van der Waals surface area (Å²) in [6.45, 7) is 5.67. The Morgan fingerprint density at radius 3 is 2.50 bits per heavy atom. The summed E-state index contributed by atoms with van der Waals surface area (Å²) in [6, 6.07) is 8.35. The van der Waals surface area contributed by atoms with E-state index in [9.17, 15) is 4.79 Å². The zero-order valence-corrected chi connectivity index (χ0v) is 9.66. The Labute approximate surface area is 95.6 Å². The summed E-state index contributed by atoms with van der Waals surface area (Å²) in [5, 5.41) is 6.10. The van der Waals surface area contributed by atoms with Crippen LogP contribution in [-0.2, 0) is 0 Å². The summed E-state index contributed by atoms with van der Waals surface area (Å²) in [5.74, 6) is 0. The van der Waals surface area contributed by atoms with Gasteiger partial charge in [0.2, 0.25) is 0 Å². The minimum Gasteiger partial charge on any atom is -0.383 e. The first-order chi connectivity index (χ1) is 7.66. The molecule has 0 saturated carbocycles. The van der Waals surface area contributed by atoms with Crippen molar-refractivity contribution in [1.82, 2.24) is 5.32 Å². The highest BCUT2D eigenvalue weighted by Crippen LogP contribution is 2.19. The molecule has 16 heavy (non-hydrogen) atoms. The molecule has 4 heteroatoms. The molecule has 2 amide bonds. The number of amides is 2. The zero-order valence-electron chi connectivity index (χ0n) is 9.66. The van der Waals surface area contributed by atoms with Gasteiger partial charge in [-0.2, -0.15) is 0 Å². The Bertz CT molecular complexity index is 372. The maximum atomic E-state index is 11.4. The molecule has 2 rings (SSSR count). The van der Waals surface area contributed by atoms with Crippen LogP contribution < -0.4 is 15.5 Å². The monoisotopic (exact) mass is 219 g/mol. The van der Waals surface area contributed by atoms with Crippen LogP contribution in [0.15, 0.2) is 24.3 Å². The second kappa shape index (κ2) is 4.43. The standard InChI is InChI=1S/C12H17N3O/c1-9(2)14-10-3-5-11(6-4-10)15-8-7-13-12(15)16/h3-6,9,14H,7-8H2,1-2H3,(H,13,16). The van der Waals surface area contributed by atoms with E-state index in [0.717, 1.165) is 24.5 Å². The molecule has 1 aromatic rings. The van der Waals surface area contributed by atoms with Crippen molar-refractivity contribution < 1.29 is 4.79 Å². The zero-order chi connectivity index (χ0) is 11.5. The van der Waals surface area contributed by atoms with Crippen LogP contribution in [0.1, 0.15) is 13.8 Å². The van der Waals surface area contributed by atoms with Crippen LogP contribution >= 0.6 is 0 Å². The van der Waals surface area contributed by atoms with Gasteiger partial charge in [0.25, 0.3) is 0 Å². The van der Waals surface area contributed by atoms with E-state index in [4.69, 9.17) is 0 Å². The molecule has 1 saturated heterocycles. The van der Waals surface area contributed by atoms with Crippen molar-refractivity contribution in [2.75, 3.05) is 23.3 Å². The quantitative estimate of drug-likeness (QED) is 0.817. The molecule has 0 aliphatic carbocycles. The number of rotatable bonds is 3. The third kappa shape index (κ3) is 2.27. The minimum atomic E-state index is -0.00966. The summed E-state index contributed by atoms with van der Waals surface area (Å²) in [6.07, 6.45) is 0. The summed E-state index contributed by atoms with van der Waals surface area (Å²) in [7, 11) is 0. The summed E-state index contributed by atoms with van der Waals surface area (Å²) in [5.41, 5.74) is 2.03. The van der Waals surface area contributed by atoms with E-state index < -0.39 is 0 Å². The predicted octanol–water partition coefficient (Wildman–Crippen LogP) is 2.04. The van der Waals surface area contributed by atoms with E-state index in [1.165, 1.54) is 0 Å². The van der Waals surface area contributed by atoms with E-state index in [1.807, 2.05) is 24.3 Å². The summed E-state index contributed by atoms with van der Waals surface area (Å²) >= 11 is 0. The highest BCUT2D eigenvalue weighted by molar-refractivity contribution is 5.94. The van der Waals surface area contributed by atoms with Crippen molar-refractivity contribution in [1.29, 1.82) is 0 Å². The van der Waals surface area contributed by atoms with Crippen LogP contribution in [0.5, 0.6) is 0 Å². The summed E-state index contributed by atoms with van der Waals surface area (Å²) < 4.78 is 0. The van der Waals surface area contributed by atoms with Crippen LogP contribution in [0, 0.1) is 0 Å². The molecule has 0 aromatic heterocycles. The minimum absolute atomic E-state index is 0.00966. The Morgan fingerprint density at radius 1 is 1.31 bits per heavy atom. The average Bonchev–Trinajstić information content (AvgIpc) is 2.65. The van der Waals surface area contributed by atoms with Crippen molar-refractivity contribution in [2.24, 2.45) is 0 Å². The fourth-order valence-corrected chi connectivity index (χ4v) is 1.79. The molecule has 0 spiro atoms. The van der Waals surface area contributed by atoms with Gasteiger partial charge in [-0.15, -0.1) is 0 Å². The van der Waals surface area contributed by atoms with Gasteiger partial charge in [0.05, 0.1) is 0 Å². The Hall–Kier alpha value is -1.71. The van der Waals surface area contributed by atoms with E-state index in [-0.39, 0.29) is 6.03 Å². The normalized spacial score (nSPS) is 15.4. The third-order valence-electron chi connectivity index (χ3n) is 2.49. The van der Waals surface area contributed by atoms with Crippen LogP contribution in [0.3, 0.4) is 0 Å². The maximum absolute atomic E-state index is 11.4.